The average molecular weight is 381 g/mol. The number of carbonyl (C=O) groups is 1. The highest BCUT2D eigenvalue weighted by molar-refractivity contribution is 7.89. The zero-order chi connectivity index (χ0) is 18.7. The summed E-state index contributed by atoms with van der Waals surface area (Å²) in [5.74, 6) is -0.188. The molecule has 2 aliphatic rings. The maximum atomic E-state index is 13.3. The van der Waals surface area contributed by atoms with Crippen LogP contribution in [0.1, 0.15) is 49.4 Å². The Labute approximate surface area is 155 Å². The summed E-state index contributed by atoms with van der Waals surface area (Å²) in [4.78, 5) is 12.0. The predicted octanol–water partition coefficient (Wildman–Crippen LogP) is 2.83. The molecule has 1 saturated carbocycles. The number of esters is 1. The van der Waals surface area contributed by atoms with Gasteiger partial charge in [-0.3, -0.25) is 0 Å². The SMILES string of the molecule is CCCC[C@@H]1CN(S(=O)(=O)c2ccccc2C(=O)OC)C[C@H](C2CC2)O1. The van der Waals surface area contributed by atoms with Crippen LogP contribution in [0.2, 0.25) is 0 Å². The quantitative estimate of drug-likeness (QED) is 0.679. The van der Waals surface area contributed by atoms with E-state index in [0.717, 1.165) is 32.1 Å². The van der Waals surface area contributed by atoms with Crippen molar-refractivity contribution in [2.45, 2.75) is 56.1 Å². The van der Waals surface area contributed by atoms with Gasteiger partial charge in [-0.05, 0) is 37.3 Å². The van der Waals surface area contributed by atoms with Gasteiger partial charge < -0.3 is 9.47 Å². The number of rotatable bonds is 7. The van der Waals surface area contributed by atoms with Crippen LogP contribution in [0.15, 0.2) is 29.2 Å². The van der Waals surface area contributed by atoms with E-state index < -0.39 is 16.0 Å². The second-order valence-electron chi connectivity index (χ2n) is 7.09. The van der Waals surface area contributed by atoms with Crippen LogP contribution < -0.4 is 0 Å². The van der Waals surface area contributed by atoms with Crippen molar-refractivity contribution >= 4 is 16.0 Å². The maximum Gasteiger partial charge on any atom is 0.339 e. The molecule has 3 rings (SSSR count). The van der Waals surface area contributed by atoms with Crippen LogP contribution in [0.5, 0.6) is 0 Å². The lowest BCUT2D eigenvalue weighted by atomic mass is 10.1. The largest absolute Gasteiger partial charge is 0.465 e. The van der Waals surface area contributed by atoms with Gasteiger partial charge in [0.1, 0.15) is 0 Å². The topological polar surface area (TPSA) is 72.9 Å². The Bertz CT molecular complexity index is 744. The lowest BCUT2D eigenvalue weighted by molar-refractivity contribution is -0.0761. The van der Waals surface area contributed by atoms with Crippen molar-refractivity contribution in [3.8, 4) is 0 Å². The molecule has 1 aliphatic heterocycles. The van der Waals surface area contributed by atoms with Crippen LogP contribution in [0.3, 0.4) is 0 Å². The van der Waals surface area contributed by atoms with Gasteiger partial charge in [-0.1, -0.05) is 31.9 Å². The molecule has 0 spiro atoms. The highest BCUT2D eigenvalue weighted by Gasteiger charge is 2.42. The van der Waals surface area contributed by atoms with Crippen LogP contribution >= 0.6 is 0 Å². The van der Waals surface area contributed by atoms with Crippen molar-refractivity contribution in [3.63, 3.8) is 0 Å². The number of unbranched alkanes of at least 4 members (excludes halogenated alkanes) is 1. The minimum Gasteiger partial charge on any atom is -0.465 e. The highest BCUT2D eigenvalue weighted by Crippen LogP contribution is 2.38. The summed E-state index contributed by atoms with van der Waals surface area (Å²) in [6.45, 7) is 2.80. The zero-order valence-corrected chi connectivity index (χ0v) is 16.2. The molecule has 7 heteroatoms. The van der Waals surface area contributed by atoms with E-state index in [2.05, 4.69) is 6.92 Å². The van der Waals surface area contributed by atoms with Crippen molar-refractivity contribution in [2.24, 2.45) is 5.92 Å². The van der Waals surface area contributed by atoms with Gasteiger partial charge in [0.2, 0.25) is 10.0 Å². The fourth-order valence-electron chi connectivity index (χ4n) is 3.46. The van der Waals surface area contributed by atoms with Gasteiger partial charge in [-0.15, -0.1) is 0 Å². The molecule has 0 aromatic heterocycles. The van der Waals surface area contributed by atoms with E-state index in [-0.39, 0.29) is 22.7 Å². The molecule has 144 valence electrons. The van der Waals surface area contributed by atoms with Gasteiger partial charge in [0.05, 0.1) is 29.8 Å². The number of sulfonamides is 1. The van der Waals surface area contributed by atoms with Gasteiger partial charge >= 0.3 is 5.97 Å². The third kappa shape index (κ3) is 4.10. The standard InChI is InChI=1S/C19H27NO5S/c1-3-4-7-15-12-20(13-17(25-15)14-10-11-14)26(22,23)18-9-6-5-8-16(18)19(21)24-2/h5-6,8-9,14-15,17H,3-4,7,10-13H2,1-2H3/t15-,17-/m1/s1. The van der Waals surface area contributed by atoms with Gasteiger partial charge in [-0.2, -0.15) is 4.31 Å². The number of ether oxygens (including phenoxy) is 2. The molecule has 1 heterocycles. The summed E-state index contributed by atoms with van der Waals surface area (Å²) in [5.41, 5.74) is 0.0783. The molecule has 26 heavy (non-hydrogen) atoms. The van der Waals surface area contributed by atoms with Crippen molar-refractivity contribution < 1.29 is 22.7 Å². The molecule has 2 fully saturated rings. The van der Waals surface area contributed by atoms with Gasteiger partial charge in [-0.25, -0.2) is 13.2 Å². The molecule has 0 unspecified atom stereocenters. The van der Waals surface area contributed by atoms with Crippen LogP contribution in [-0.2, 0) is 19.5 Å². The maximum absolute atomic E-state index is 13.3. The summed E-state index contributed by atoms with van der Waals surface area (Å²) in [5, 5.41) is 0. The second kappa shape index (κ2) is 8.06. The Kier molecular flexibility index (Phi) is 5.99. The third-order valence-electron chi connectivity index (χ3n) is 5.10. The number of benzene rings is 1. The normalized spacial score (nSPS) is 24.4. The first-order chi connectivity index (χ1) is 12.5. The lowest BCUT2D eigenvalue weighted by Crippen LogP contribution is -2.50. The van der Waals surface area contributed by atoms with E-state index in [0.29, 0.717) is 19.0 Å². The molecule has 1 aromatic carbocycles. The molecule has 6 nitrogen and oxygen atoms in total. The molecule has 0 radical (unpaired) electrons. The molecular weight excluding hydrogens is 354 g/mol. The summed E-state index contributed by atoms with van der Waals surface area (Å²) < 4.78 is 39.0. The van der Waals surface area contributed by atoms with Crippen molar-refractivity contribution in [1.82, 2.24) is 4.31 Å². The minimum atomic E-state index is -3.79. The summed E-state index contributed by atoms with van der Waals surface area (Å²) in [6, 6.07) is 6.24. The summed E-state index contributed by atoms with van der Waals surface area (Å²) in [6.07, 6.45) is 4.96. The predicted molar refractivity (Wildman–Crippen MR) is 97.5 cm³/mol. The van der Waals surface area contributed by atoms with E-state index in [9.17, 15) is 13.2 Å². The molecule has 1 saturated heterocycles. The van der Waals surface area contributed by atoms with Crippen LogP contribution in [0.25, 0.3) is 0 Å². The average Bonchev–Trinajstić information content (AvgIpc) is 3.50. The number of carbonyl (C=O) groups excluding carboxylic acids is 1. The van der Waals surface area contributed by atoms with E-state index in [1.165, 1.54) is 23.5 Å². The number of nitrogens with zero attached hydrogens (tertiary/aromatic N) is 1. The van der Waals surface area contributed by atoms with Crippen molar-refractivity contribution in [1.29, 1.82) is 0 Å². The fourth-order valence-corrected chi connectivity index (χ4v) is 5.12. The lowest BCUT2D eigenvalue weighted by Gasteiger charge is -2.38. The first-order valence-electron chi connectivity index (χ1n) is 9.30. The molecular formula is C19H27NO5S. The van der Waals surface area contributed by atoms with Crippen LogP contribution in [0, 0.1) is 5.92 Å². The van der Waals surface area contributed by atoms with Gasteiger partial charge in [0, 0.05) is 13.1 Å². The van der Waals surface area contributed by atoms with E-state index in [4.69, 9.17) is 9.47 Å². The Hall–Kier alpha value is -1.44. The molecule has 0 bridgehead atoms. The van der Waals surface area contributed by atoms with Gasteiger partial charge in [0.15, 0.2) is 0 Å². The Morgan fingerprint density at radius 3 is 2.65 bits per heavy atom. The number of hydrogen-bond donors (Lipinski definition) is 0. The Morgan fingerprint density at radius 2 is 2.00 bits per heavy atom. The number of methoxy groups -OCH3 is 1. The zero-order valence-electron chi connectivity index (χ0n) is 15.4. The first kappa shape index (κ1) is 19.3. The van der Waals surface area contributed by atoms with E-state index in [1.54, 1.807) is 12.1 Å². The molecule has 0 N–H and O–H groups in total. The first-order valence-corrected chi connectivity index (χ1v) is 10.7. The van der Waals surface area contributed by atoms with Crippen molar-refractivity contribution in [3.05, 3.63) is 29.8 Å². The fraction of sp³-hybridized carbons (Fsp3) is 0.632. The summed E-state index contributed by atoms with van der Waals surface area (Å²) >= 11 is 0. The second-order valence-corrected chi connectivity index (χ2v) is 8.99. The van der Waals surface area contributed by atoms with E-state index in [1.807, 2.05) is 0 Å². The molecule has 1 aromatic rings. The molecule has 2 atom stereocenters. The van der Waals surface area contributed by atoms with Crippen LogP contribution in [0.4, 0.5) is 0 Å². The van der Waals surface area contributed by atoms with Crippen molar-refractivity contribution in [2.75, 3.05) is 20.2 Å². The summed E-state index contributed by atoms with van der Waals surface area (Å²) in [7, 11) is -2.54. The number of hydrogen-bond acceptors (Lipinski definition) is 5. The monoisotopic (exact) mass is 381 g/mol. The van der Waals surface area contributed by atoms with Crippen LogP contribution in [-0.4, -0.2) is 51.1 Å². The van der Waals surface area contributed by atoms with E-state index >= 15 is 0 Å². The smallest absolute Gasteiger partial charge is 0.339 e. The third-order valence-corrected chi connectivity index (χ3v) is 6.99. The Balaban J connectivity index is 1.88. The highest BCUT2D eigenvalue weighted by atomic mass is 32.2. The van der Waals surface area contributed by atoms with Gasteiger partial charge in [0.25, 0.3) is 0 Å². The molecule has 1 aliphatic carbocycles. The minimum absolute atomic E-state index is 0.0116. The molecule has 0 amide bonds. The number of morpholine rings is 1. The Morgan fingerprint density at radius 1 is 1.27 bits per heavy atom.